The van der Waals surface area contributed by atoms with Crippen molar-refractivity contribution in [2.45, 2.75) is 13.0 Å². The lowest BCUT2D eigenvalue weighted by molar-refractivity contribution is 0.600. The molecule has 0 aliphatic rings. The van der Waals surface area contributed by atoms with Gasteiger partial charge in [0.25, 0.3) is 5.56 Å². The molecule has 0 spiro atoms. The minimum atomic E-state index is -0.446. The quantitative estimate of drug-likeness (QED) is 0.770. The monoisotopic (exact) mass is 317 g/mol. The first-order valence-electron chi connectivity index (χ1n) is 6.76. The molecule has 2 aromatic carbocycles. The molecule has 1 unspecified atom stereocenters. The number of anilines is 1. The molecule has 6 heteroatoms. The van der Waals surface area contributed by atoms with Crippen LogP contribution in [0.1, 0.15) is 18.5 Å². The lowest BCUT2D eigenvalue weighted by Gasteiger charge is -2.16. The lowest BCUT2D eigenvalue weighted by atomic mass is 10.1. The Bertz CT molecular complexity index is 874. The van der Waals surface area contributed by atoms with Crippen molar-refractivity contribution < 1.29 is 4.39 Å². The normalized spacial score (nSPS) is 12.3. The van der Waals surface area contributed by atoms with Crippen molar-refractivity contribution in [1.82, 2.24) is 9.97 Å². The third kappa shape index (κ3) is 2.67. The third-order valence-electron chi connectivity index (χ3n) is 3.40. The smallest absolute Gasteiger partial charge is 0.260 e. The predicted molar refractivity (Wildman–Crippen MR) is 85.8 cm³/mol. The zero-order valence-corrected chi connectivity index (χ0v) is 12.5. The van der Waals surface area contributed by atoms with Crippen molar-refractivity contribution in [1.29, 1.82) is 0 Å². The Morgan fingerprint density at radius 3 is 2.77 bits per heavy atom. The second-order valence-electron chi connectivity index (χ2n) is 4.93. The van der Waals surface area contributed by atoms with E-state index in [4.69, 9.17) is 11.6 Å². The molecular weight excluding hydrogens is 305 g/mol. The van der Waals surface area contributed by atoms with Gasteiger partial charge in [-0.2, -0.15) is 0 Å². The standard InChI is InChI=1S/C16H13ClFN3O/c1-9(14-11(17)6-4-7-12(14)18)19-16-20-13-8-3-2-5-10(13)15(22)21-16/h2-9H,1H3,(H2,19,20,21,22). The van der Waals surface area contributed by atoms with E-state index in [2.05, 4.69) is 15.3 Å². The van der Waals surface area contributed by atoms with Crippen LogP contribution in [0.25, 0.3) is 10.9 Å². The highest BCUT2D eigenvalue weighted by Crippen LogP contribution is 2.27. The van der Waals surface area contributed by atoms with E-state index < -0.39 is 11.9 Å². The molecule has 3 aromatic rings. The van der Waals surface area contributed by atoms with Gasteiger partial charge in [0, 0.05) is 10.6 Å². The molecule has 1 aromatic heterocycles. The van der Waals surface area contributed by atoms with Crippen LogP contribution in [0.15, 0.2) is 47.3 Å². The van der Waals surface area contributed by atoms with Crippen LogP contribution in [-0.2, 0) is 0 Å². The first-order chi connectivity index (χ1) is 10.6. The maximum Gasteiger partial charge on any atom is 0.260 e. The Labute approximate surface area is 131 Å². The summed E-state index contributed by atoms with van der Waals surface area (Å²) in [4.78, 5) is 19.0. The van der Waals surface area contributed by atoms with E-state index in [-0.39, 0.29) is 11.5 Å². The number of aromatic amines is 1. The third-order valence-corrected chi connectivity index (χ3v) is 3.73. The Kier molecular flexibility index (Phi) is 3.81. The number of hydrogen-bond acceptors (Lipinski definition) is 3. The van der Waals surface area contributed by atoms with Crippen molar-refractivity contribution in [3.8, 4) is 0 Å². The van der Waals surface area contributed by atoms with E-state index in [1.165, 1.54) is 6.07 Å². The minimum Gasteiger partial charge on any atom is -0.349 e. The Morgan fingerprint density at radius 2 is 2.00 bits per heavy atom. The molecule has 0 amide bonds. The predicted octanol–water partition coefficient (Wildman–Crippen LogP) is 3.89. The molecule has 112 valence electrons. The van der Waals surface area contributed by atoms with E-state index in [0.29, 0.717) is 21.5 Å². The Morgan fingerprint density at radius 1 is 1.23 bits per heavy atom. The number of nitrogens with one attached hydrogen (secondary N) is 2. The zero-order valence-electron chi connectivity index (χ0n) is 11.7. The largest absolute Gasteiger partial charge is 0.349 e. The number of hydrogen-bond donors (Lipinski definition) is 2. The number of halogens is 2. The van der Waals surface area contributed by atoms with Gasteiger partial charge in [0.15, 0.2) is 0 Å². The summed E-state index contributed by atoms with van der Waals surface area (Å²) >= 11 is 6.04. The minimum absolute atomic E-state index is 0.250. The van der Waals surface area contributed by atoms with Gasteiger partial charge in [0.05, 0.1) is 16.9 Å². The molecule has 3 rings (SSSR count). The summed E-state index contributed by atoms with van der Waals surface area (Å²) in [5.74, 6) is -0.133. The van der Waals surface area contributed by atoms with Crippen LogP contribution in [0, 0.1) is 5.82 Å². The molecule has 0 saturated heterocycles. The van der Waals surface area contributed by atoms with Crippen LogP contribution in [0.3, 0.4) is 0 Å². The number of para-hydroxylation sites is 1. The Hall–Kier alpha value is -2.40. The first-order valence-corrected chi connectivity index (χ1v) is 7.13. The van der Waals surface area contributed by atoms with Crippen LogP contribution < -0.4 is 10.9 Å². The molecule has 1 atom stereocenters. The fraction of sp³-hybridized carbons (Fsp3) is 0.125. The number of benzene rings is 2. The molecule has 1 heterocycles. The topological polar surface area (TPSA) is 57.8 Å². The summed E-state index contributed by atoms with van der Waals surface area (Å²) < 4.78 is 13.9. The average Bonchev–Trinajstić information content (AvgIpc) is 2.47. The maximum absolute atomic E-state index is 13.9. The number of H-pyrrole nitrogens is 1. The van der Waals surface area contributed by atoms with E-state index in [1.807, 2.05) is 0 Å². The van der Waals surface area contributed by atoms with E-state index >= 15 is 0 Å². The molecule has 0 saturated carbocycles. The van der Waals surface area contributed by atoms with Crippen molar-refractivity contribution in [2.24, 2.45) is 0 Å². The van der Waals surface area contributed by atoms with Gasteiger partial charge in [-0.25, -0.2) is 9.37 Å². The molecule has 0 radical (unpaired) electrons. The highest BCUT2D eigenvalue weighted by molar-refractivity contribution is 6.31. The molecular formula is C16H13ClFN3O. The second-order valence-corrected chi connectivity index (χ2v) is 5.34. The number of fused-ring (bicyclic) bond motifs is 1. The van der Waals surface area contributed by atoms with E-state index in [0.717, 1.165) is 0 Å². The summed E-state index contributed by atoms with van der Waals surface area (Å²) in [6.07, 6.45) is 0. The highest BCUT2D eigenvalue weighted by atomic mass is 35.5. The van der Waals surface area contributed by atoms with Gasteiger partial charge in [0.2, 0.25) is 5.95 Å². The number of aromatic nitrogens is 2. The van der Waals surface area contributed by atoms with Gasteiger partial charge in [-0.05, 0) is 31.2 Å². The summed E-state index contributed by atoms with van der Waals surface area (Å²) in [5.41, 5.74) is 0.653. The summed E-state index contributed by atoms with van der Waals surface area (Å²) in [6.45, 7) is 1.75. The van der Waals surface area contributed by atoms with Gasteiger partial charge < -0.3 is 5.32 Å². The molecule has 0 aliphatic heterocycles. The maximum atomic E-state index is 13.9. The fourth-order valence-corrected chi connectivity index (χ4v) is 2.68. The first kappa shape index (κ1) is 14.5. The van der Waals surface area contributed by atoms with Gasteiger partial charge >= 0.3 is 0 Å². The molecule has 4 nitrogen and oxygen atoms in total. The number of rotatable bonds is 3. The fourth-order valence-electron chi connectivity index (χ4n) is 2.36. The van der Waals surface area contributed by atoms with Crippen molar-refractivity contribution in [3.05, 3.63) is 69.2 Å². The summed E-state index contributed by atoms with van der Waals surface area (Å²) in [5, 5.41) is 3.81. The van der Waals surface area contributed by atoms with Gasteiger partial charge in [-0.15, -0.1) is 0 Å². The summed E-state index contributed by atoms with van der Waals surface area (Å²) in [7, 11) is 0. The molecule has 0 bridgehead atoms. The zero-order chi connectivity index (χ0) is 15.7. The van der Waals surface area contributed by atoms with Gasteiger partial charge in [-0.1, -0.05) is 29.8 Å². The highest BCUT2D eigenvalue weighted by Gasteiger charge is 2.15. The van der Waals surface area contributed by atoms with Crippen LogP contribution in [0.2, 0.25) is 5.02 Å². The van der Waals surface area contributed by atoms with Gasteiger partial charge in [-0.3, -0.25) is 9.78 Å². The van der Waals surface area contributed by atoms with Gasteiger partial charge in [0.1, 0.15) is 5.82 Å². The average molecular weight is 318 g/mol. The van der Waals surface area contributed by atoms with Crippen LogP contribution in [-0.4, -0.2) is 9.97 Å². The molecule has 2 N–H and O–H groups in total. The van der Waals surface area contributed by atoms with Crippen molar-refractivity contribution >= 4 is 28.5 Å². The van der Waals surface area contributed by atoms with Crippen LogP contribution in [0.4, 0.5) is 10.3 Å². The van der Waals surface area contributed by atoms with Crippen molar-refractivity contribution in [3.63, 3.8) is 0 Å². The molecule has 0 fully saturated rings. The molecule has 22 heavy (non-hydrogen) atoms. The van der Waals surface area contributed by atoms with Crippen LogP contribution in [0.5, 0.6) is 0 Å². The van der Waals surface area contributed by atoms with E-state index in [1.54, 1.807) is 43.3 Å². The van der Waals surface area contributed by atoms with Crippen molar-refractivity contribution in [2.75, 3.05) is 5.32 Å². The van der Waals surface area contributed by atoms with E-state index in [9.17, 15) is 9.18 Å². The SMILES string of the molecule is CC(Nc1nc2ccccc2c(=O)[nH]1)c1c(F)cccc1Cl. The molecule has 0 aliphatic carbocycles. The lowest BCUT2D eigenvalue weighted by Crippen LogP contribution is -2.16. The Balaban J connectivity index is 1.98. The summed E-state index contributed by atoms with van der Waals surface area (Å²) in [6, 6.07) is 11.1. The number of nitrogens with zero attached hydrogens (tertiary/aromatic N) is 1. The second kappa shape index (κ2) is 5.77. The van der Waals surface area contributed by atoms with Crippen LogP contribution >= 0.6 is 11.6 Å².